The van der Waals surface area contributed by atoms with Gasteiger partial charge in [-0.05, 0) is 12.2 Å². The number of ether oxygens (including phenoxy) is 1. The maximum absolute atomic E-state index is 13.7. The van der Waals surface area contributed by atoms with E-state index in [2.05, 4.69) is 9.55 Å². The van der Waals surface area contributed by atoms with Crippen molar-refractivity contribution in [2.24, 2.45) is 0 Å². The molecule has 102 valence electrons. The molecule has 1 aromatic heterocycles. The Morgan fingerprint density at radius 3 is 3.05 bits per heavy atom. The van der Waals surface area contributed by atoms with Gasteiger partial charge in [0.15, 0.2) is 11.6 Å². The quantitative estimate of drug-likeness (QED) is 0.810. The van der Waals surface area contributed by atoms with Crippen LogP contribution in [0.25, 0.3) is 11.0 Å². The zero-order valence-electron chi connectivity index (χ0n) is 10.5. The van der Waals surface area contributed by atoms with E-state index in [0.717, 1.165) is 29.3 Å². The highest BCUT2D eigenvalue weighted by atomic mass is 35.5. The van der Waals surface area contributed by atoms with Crippen LogP contribution in [0.2, 0.25) is 0 Å². The predicted molar refractivity (Wildman–Crippen MR) is 76.8 cm³/mol. The number of thioether (sulfide) groups is 1. The molecule has 6 heteroatoms. The Morgan fingerprint density at radius 2 is 2.42 bits per heavy atom. The zero-order chi connectivity index (χ0) is 13.4. The Hall–Kier alpha value is -0.940. The first-order chi connectivity index (χ1) is 9.24. The van der Waals surface area contributed by atoms with Crippen molar-refractivity contribution >= 4 is 34.4 Å². The first-order valence-electron chi connectivity index (χ1n) is 6.12. The molecule has 1 unspecified atom stereocenters. The summed E-state index contributed by atoms with van der Waals surface area (Å²) in [5, 5.41) is 0. The maximum atomic E-state index is 13.7. The largest absolute Gasteiger partial charge is 0.494 e. The number of hydrogen-bond acceptors (Lipinski definition) is 3. The number of rotatable bonds is 3. The number of halogens is 2. The van der Waals surface area contributed by atoms with Gasteiger partial charge in [0, 0.05) is 23.9 Å². The van der Waals surface area contributed by atoms with Crippen LogP contribution in [0.3, 0.4) is 0 Å². The van der Waals surface area contributed by atoms with Crippen molar-refractivity contribution in [1.29, 1.82) is 0 Å². The summed E-state index contributed by atoms with van der Waals surface area (Å²) < 4.78 is 20.9. The summed E-state index contributed by atoms with van der Waals surface area (Å²) in [5.41, 5.74) is 1.55. The molecule has 1 atom stereocenters. The van der Waals surface area contributed by atoms with Crippen LogP contribution >= 0.6 is 23.4 Å². The number of fused-ring (bicyclic) bond motifs is 1. The normalized spacial score (nSPS) is 19.2. The monoisotopic (exact) mass is 300 g/mol. The van der Waals surface area contributed by atoms with Crippen molar-refractivity contribution < 1.29 is 9.13 Å². The molecule has 1 aliphatic heterocycles. The van der Waals surface area contributed by atoms with Crippen LogP contribution < -0.4 is 4.74 Å². The third-order valence-electron chi connectivity index (χ3n) is 3.43. The third kappa shape index (κ3) is 2.19. The molecule has 1 aromatic carbocycles. The number of methoxy groups -OCH3 is 1. The first-order valence-corrected chi connectivity index (χ1v) is 7.81. The van der Waals surface area contributed by atoms with Gasteiger partial charge in [0.05, 0.1) is 24.0 Å². The van der Waals surface area contributed by atoms with E-state index in [4.69, 9.17) is 16.3 Å². The summed E-state index contributed by atoms with van der Waals surface area (Å²) in [6.45, 7) is 0. The van der Waals surface area contributed by atoms with Gasteiger partial charge in [0.2, 0.25) is 0 Å². The standard InChI is InChI=1S/C13H14ClFN2OS/c1-18-12-5-11-10(4-9(12)15)16-13(6-14)17(11)8-2-3-19-7-8/h4-5,8H,2-3,6-7H2,1H3. The number of nitrogens with zero attached hydrogens (tertiary/aromatic N) is 2. The lowest BCUT2D eigenvalue weighted by atomic mass is 10.2. The molecular formula is C13H14ClFN2OS. The lowest BCUT2D eigenvalue weighted by Gasteiger charge is -2.15. The van der Waals surface area contributed by atoms with Gasteiger partial charge in [0.1, 0.15) is 5.82 Å². The van der Waals surface area contributed by atoms with Crippen LogP contribution in [0.5, 0.6) is 5.75 Å². The lowest BCUT2D eigenvalue weighted by Crippen LogP contribution is -2.10. The highest BCUT2D eigenvalue weighted by molar-refractivity contribution is 7.99. The van der Waals surface area contributed by atoms with E-state index < -0.39 is 0 Å². The molecule has 0 N–H and O–H groups in total. The van der Waals surface area contributed by atoms with Crippen LogP contribution in [0, 0.1) is 5.82 Å². The van der Waals surface area contributed by atoms with E-state index in [0.29, 0.717) is 17.4 Å². The van der Waals surface area contributed by atoms with Gasteiger partial charge >= 0.3 is 0 Å². The van der Waals surface area contributed by atoms with Crippen molar-refractivity contribution in [2.75, 3.05) is 18.6 Å². The van der Waals surface area contributed by atoms with Crippen LogP contribution in [-0.2, 0) is 5.88 Å². The number of aromatic nitrogens is 2. The number of imidazole rings is 1. The van der Waals surface area contributed by atoms with E-state index in [9.17, 15) is 4.39 Å². The second kappa shape index (κ2) is 5.21. The molecule has 0 aliphatic carbocycles. The Kier molecular flexibility index (Phi) is 3.58. The van der Waals surface area contributed by atoms with Crippen LogP contribution in [0.15, 0.2) is 12.1 Å². The van der Waals surface area contributed by atoms with E-state index in [1.165, 1.54) is 13.2 Å². The Labute approximate surface area is 120 Å². The van der Waals surface area contributed by atoms with Gasteiger partial charge < -0.3 is 9.30 Å². The van der Waals surface area contributed by atoms with Crippen molar-refractivity contribution in [3.05, 3.63) is 23.8 Å². The topological polar surface area (TPSA) is 27.1 Å². The van der Waals surface area contributed by atoms with Crippen molar-refractivity contribution in [2.45, 2.75) is 18.3 Å². The first kappa shape index (κ1) is 13.1. The molecular weight excluding hydrogens is 287 g/mol. The highest BCUT2D eigenvalue weighted by Crippen LogP contribution is 2.34. The fourth-order valence-electron chi connectivity index (χ4n) is 2.53. The molecule has 0 radical (unpaired) electrons. The lowest BCUT2D eigenvalue weighted by molar-refractivity contribution is 0.387. The van der Waals surface area contributed by atoms with Gasteiger partial charge in [0.25, 0.3) is 0 Å². The van der Waals surface area contributed by atoms with Crippen LogP contribution in [0.4, 0.5) is 4.39 Å². The molecule has 0 saturated carbocycles. The minimum Gasteiger partial charge on any atom is -0.494 e. The highest BCUT2D eigenvalue weighted by Gasteiger charge is 2.23. The number of hydrogen-bond donors (Lipinski definition) is 0. The minimum atomic E-state index is -0.387. The SMILES string of the molecule is COc1cc2c(cc1F)nc(CCl)n2C1CCSC1. The Balaban J connectivity index is 2.21. The molecule has 3 rings (SSSR count). The van der Waals surface area contributed by atoms with E-state index in [-0.39, 0.29) is 11.6 Å². The van der Waals surface area contributed by atoms with E-state index >= 15 is 0 Å². The van der Waals surface area contributed by atoms with Gasteiger partial charge in [-0.2, -0.15) is 11.8 Å². The average Bonchev–Trinajstić information content (AvgIpc) is 3.03. The minimum absolute atomic E-state index is 0.250. The smallest absolute Gasteiger partial charge is 0.167 e. The van der Waals surface area contributed by atoms with Crippen LogP contribution in [0.1, 0.15) is 18.3 Å². The number of benzene rings is 1. The molecule has 1 aliphatic rings. The molecule has 1 fully saturated rings. The summed E-state index contributed by atoms with van der Waals surface area (Å²) >= 11 is 7.90. The predicted octanol–water partition coefficient (Wildman–Crippen LogP) is 3.60. The molecule has 2 heterocycles. The van der Waals surface area contributed by atoms with Crippen molar-refractivity contribution in [3.8, 4) is 5.75 Å². The third-order valence-corrected chi connectivity index (χ3v) is 4.81. The van der Waals surface area contributed by atoms with Gasteiger partial charge in [-0.15, -0.1) is 11.6 Å². The maximum Gasteiger partial charge on any atom is 0.167 e. The molecule has 2 aromatic rings. The van der Waals surface area contributed by atoms with Crippen molar-refractivity contribution in [3.63, 3.8) is 0 Å². The molecule has 19 heavy (non-hydrogen) atoms. The molecule has 0 spiro atoms. The van der Waals surface area contributed by atoms with Gasteiger partial charge in [-0.1, -0.05) is 0 Å². The summed E-state index contributed by atoms with van der Waals surface area (Å²) in [5.74, 6) is 3.19. The Bertz CT molecular complexity index is 610. The van der Waals surface area contributed by atoms with Gasteiger partial charge in [-0.3, -0.25) is 0 Å². The summed E-state index contributed by atoms with van der Waals surface area (Å²) in [4.78, 5) is 4.44. The second-order valence-corrected chi connectivity index (χ2v) is 5.94. The summed E-state index contributed by atoms with van der Waals surface area (Å²) in [7, 11) is 1.47. The number of alkyl halides is 1. The van der Waals surface area contributed by atoms with Crippen molar-refractivity contribution in [1.82, 2.24) is 9.55 Å². The average molecular weight is 301 g/mol. The van der Waals surface area contributed by atoms with Gasteiger partial charge in [-0.25, -0.2) is 9.37 Å². The summed E-state index contributed by atoms with van der Waals surface area (Å²) in [6, 6.07) is 3.53. The Morgan fingerprint density at radius 1 is 1.58 bits per heavy atom. The summed E-state index contributed by atoms with van der Waals surface area (Å²) in [6.07, 6.45) is 1.10. The zero-order valence-corrected chi connectivity index (χ0v) is 12.1. The molecule has 1 saturated heterocycles. The second-order valence-electron chi connectivity index (χ2n) is 4.52. The van der Waals surface area contributed by atoms with E-state index in [1.807, 2.05) is 11.8 Å². The molecule has 3 nitrogen and oxygen atoms in total. The fourth-order valence-corrected chi connectivity index (χ4v) is 3.91. The molecule has 0 amide bonds. The fraction of sp³-hybridized carbons (Fsp3) is 0.462. The molecule has 0 bridgehead atoms. The van der Waals surface area contributed by atoms with Crippen LogP contribution in [-0.4, -0.2) is 28.2 Å². The van der Waals surface area contributed by atoms with E-state index in [1.54, 1.807) is 6.07 Å².